The molecule has 0 spiro atoms. The van der Waals surface area contributed by atoms with Gasteiger partial charge in [-0.15, -0.1) is 24.8 Å². The van der Waals surface area contributed by atoms with Crippen molar-refractivity contribution in [3.05, 3.63) is 29.8 Å². The number of ether oxygens (including phenoxy) is 1. The smallest absolute Gasteiger partial charge is 0.243 e. The fourth-order valence-corrected chi connectivity index (χ4v) is 3.23. The number of hydrogen-bond acceptors (Lipinski definition) is 5. The molecular weight excluding hydrogens is 357 g/mol. The zero-order valence-corrected chi connectivity index (χ0v) is 15.6. The Balaban J connectivity index is 0.00000242. The monoisotopic (exact) mass is 381 g/mol. The predicted molar refractivity (Wildman–Crippen MR) is 102 cm³/mol. The molecule has 132 valence electrons. The molecular formula is C15H25Cl2N3O2S. The number of amides is 1. The van der Waals surface area contributed by atoms with Gasteiger partial charge in [-0.1, -0.05) is 12.1 Å². The van der Waals surface area contributed by atoms with Gasteiger partial charge in [0.2, 0.25) is 5.91 Å². The lowest BCUT2D eigenvalue weighted by Gasteiger charge is -2.26. The fraction of sp³-hybridized carbons (Fsp3) is 0.533. The third kappa shape index (κ3) is 7.74. The largest absolute Gasteiger partial charge is 0.383 e. The number of carbonyl (C=O) groups excluding carboxylic acids is 1. The molecule has 2 rings (SSSR count). The van der Waals surface area contributed by atoms with Gasteiger partial charge >= 0.3 is 0 Å². The lowest BCUT2D eigenvalue weighted by molar-refractivity contribution is -0.118. The maximum Gasteiger partial charge on any atom is 0.243 e. The Kier molecular flexibility index (Phi) is 11.7. The van der Waals surface area contributed by atoms with E-state index in [0.717, 1.165) is 25.3 Å². The fourth-order valence-electron chi connectivity index (χ4n) is 2.26. The number of halogens is 2. The van der Waals surface area contributed by atoms with Crippen molar-refractivity contribution in [3.63, 3.8) is 0 Å². The highest BCUT2D eigenvalue weighted by Crippen LogP contribution is 2.16. The summed E-state index contributed by atoms with van der Waals surface area (Å²) >= 11 is 2.00. The third-order valence-electron chi connectivity index (χ3n) is 3.39. The third-order valence-corrected chi connectivity index (χ3v) is 4.33. The van der Waals surface area contributed by atoms with E-state index in [1.165, 1.54) is 24.2 Å². The van der Waals surface area contributed by atoms with Crippen molar-refractivity contribution < 1.29 is 9.53 Å². The number of thioether (sulfide) groups is 1. The van der Waals surface area contributed by atoms with E-state index in [2.05, 4.69) is 16.3 Å². The van der Waals surface area contributed by atoms with Crippen LogP contribution in [-0.2, 0) is 16.1 Å². The van der Waals surface area contributed by atoms with Gasteiger partial charge in [-0.05, 0) is 17.7 Å². The molecule has 1 unspecified atom stereocenters. The molecule has 1 heterocycles. The van der Waals surface area contributed by atoms with Crippen molar-refractivity contribution in [1.82, 2.24) is 4.90 Å². The molecule has 1 aliphatic rings. The average Bonchev–Trinajstić information content (AvgIpc) is 2.49. The zero-order valence-electron chi connectivity index (χ0n) is 13.2. The first-order valence-electron chi connectivity index (χ1n) is 7.13. The Morgan fingerprint density at radius 3 is 2.74 bits per heavy atom. The molecule has 3 N–H and O–H groups in total. The van der Waals surface area contributed by atoms with Crippen molar-refractivity contribution in [2.45, 2.75) is 12.6 Å². The molecule has 8 heteroatoms. The molecule has 1 aliphatic heterocycles. The van der Waals surface area contributed by atoms with Crippen LogP contribution in [-0.4, -0.2) is 55.2 Å². The normalized spacial score (nSPS) is 15.9. The topological polar surface area (TPSA) is 67.6 Å². The van der Waals surface area contributed by atoms with Crippen LogP contribution in [0.5, 0.6) is 0 Å². The van der Waals surface area contributed by atoms with E-state index in [1.54, 1.807) is 0 Å². The zero-order chi connectivity index (χ0) is 15.1. The minimum Gasteiger partial charge on any atom is -0.383 e. The van der Waals surface area contributed by atoms with Crippen molar-refractivity contribution in [2.75, 3.05) is 43.6 Å². The summed E-state index contributed by atoms with van der Waals surface area (Å²) in [5, 5.41) is 2.84. The molecule has 1 amide bonds. The molecule has 23 heavy (non-hydrogen) atoms. The van der Waals surface area contributed by atoms with E-state index < -0.39 is 6.04 Å². The lowest BCUT2D eigenvalue weighted by atomic mass is 10.1. The summed E-state index contributed by atoms with van der Waals surface area (Å²) in [5.41, 5.74) is 7.71. The predicted octanol–water partition coefficient (Wildman–Crippen LogP) is 1.99. The highest BCUT2D eigenvalue weighted by Gasteiger charge is 2.14. The Labute approximate surface area is 154 Å². The minimum absolute atomic E-state index is 0. The molecule has 0 bridgehead atoms. The number of hydrogen-bond donors (Lipinski definition) is 2. The van der Waals surface area contributed by atoms with Crippen LogP contribution in [0, 0.1) is 0 Å². The van der Waals surface area contributed by atoms with Gasteiger partial charge in [0.05, 0.1) is 6.61 Å². The second-order valence-electron chi connectivity index (χ2n) is 5.14. The van der Waals surface area contributed by atoms with Crippen LogP contribution in [0.3, 0.4) is 0 Å². The summed E-state index contributed by atoms with van der Waals surface area (Å²) in [6.07, 6.45) is 0. The highest BCUT2D eigenvalue weighted by atomic mass is 35.5. The van der Waals surface area contributed by atoms with Gasteiger partial charge in [-0.25, -0.2) is 0 Å². The second-order valence-corrected chi connectivity index (χ2v) is 6.36. The van der Waals surface area contributed by atoms with Crippen molar-refractivity contribution in [3.8, 4) is 0 Å². The minimum atomic E-state index is -0.641. The van der Waals surface area contributed by atoms with E-state index in [1.807, 2.05) is 30.0 Å². The summed E-state index contributed by atoms with van der Waals surface area (Å²) in [6, 6.07) is 7.31. The van der Waals surface area contributed by atoms with Crippen LogP contribution in [0.2, 0.25) is 0 Å². The number of nitrogens with zero attached hydrogens (tertiary/aromatic N) is 1. The summed E-state index contributed by atoms with van der Waals surface area (Å²) in [6.45, 7) is 3.39. The second kappa shape index (κ2) is 11.9. The van der Waals surface area contributed by atoms with Gasteiger partial charge in [-0.2, -0.15) is 11.8 Å². The van der Waals surface area contributed by atoms with E-state index in [4.69, 9.17) is 10.5 Å². The van der Waals surface area contributed by atoms with Crippen LogP contribution in [0.15, 0.2) is 24.3 Å². The summed E-state index contributed by atoms with van der Waals surface area (Å²) < 4.78 is 4.89. The molecule has 0 aliphatic carbocycles. The Morgan fingerprint density at radius 2 is 2.09 bits per heavy atom. The quantitative estimate of drug-likeness (QED) is 0.788. The SMILES string of the molecule is COCC(N)C(=O)Nc1cccc(CN2CCSCC2)c1.Cl.Cl. The van der Waals surface area contributed by atoms with Gasteiger partial charge < -0.3 is 15.8 Å². The molecule has 5 nitrogen and oxygen atoms in total. The number of carbonyl (C=O) groups is 1. The van der Waals surface area contributed by atoms with Crippen LogP contribution in [0.1, 0.15) is 5.56 Å². The molecule has 1 saturated heterocycles. The van der Waals surface area contributed by atoms with Crippen LogP contribution in [0.4, 0.5) is 5.69 Å². The molecule has 0 saturated carbocycles. The maximum atomic E-state index is 11.9. The van der Waals surface area contributed by atoms with E-state index in [0.29, 0.717) is 0 Å². The summed E-state index contributed by atoms with van der Waals surface area (Å²) in [5.74, 6) is 2.17. The molecule has 1 atom stereocenters. The van der Waals surface area contributed by atoms with Gasteiger partial charge in [0.25, 0.3) is 0 Å². The number of anilines is 1. The first-order valence-corrected chi connectivity index (χ1v) is 8.29. The molecule has 1 fully saturated rings. The van der Waals surface area contributed by atoms with Gasteiger partial charge in [0.1, 0.15) is 6.04 Å². The van der Waals surface area contributed by atoms with Crippen molar-refractivity contribution in [2.24, 2.45) is 5.73 Å². The van der Waals surface area contributed by atoms with Gasteiger partial charge in [0, 0.05) is 43.9 Å². The van der Waals surface area contributed by atoms with Gasteiger partial charge in [0.15, 0.2) is 0 Å². The number of nitrogens with one attached hydrogen (secondary N) is 1. The number of rotatable bonds is 6. The molecule has 1 aromatic carbocycles. The number of methoxy groups -OCH3 is 1. The molecule has 0 aromatic heterocycles. The van der Waals surface area contributed by atoms with Gasteiger partial charge in [-0.3, -0.25) is 9.69 Å². The maximum absolute atomic E-state index is 11.9. The molecule has 1 aromatic rings. The first kappa shape index (κ1) is 22.5. The van der Waals surface area contributed by atoms with E-state index >= 15 is 0 Å². The summed E-state index contributed by atoms with van der Waals surface area (Å²) in [4.78, 5) is 14.3. The number of nitrogens with two attached hydrogens (primary N) is 1. The van der Waals surface area contributed by atoms with E-state index in [-0.39, 0.29) is 37.3 Å². The first-order chi connectivity index (χ1) is 10.2. The van der Waals surface area contributed by atoms with Crippen molar-refractivity contribution in [1.29, 1.82) is 0 Å². The standard InChI is InChI=1S/C15H23N3O2S.2ClH/c1-20-11-14(16)15(19)17-13-4-2-3-12(9-13)10-18-5-7-21-8-6-18;;/h2-4,9,14H,5-8,10-11,16H2,1H3,(H,17,19);2*1H. The Hall–Kier alpha value is -0.500. The Bertz CT molecular complexity index is 474. The average molecular weight is 382 g/mol. The molecule has 0 radical (unpaired) electrons. The van der Waals surface area contributed by atoms with Crippen LogP contribution >= 0.6 is 36.6 Å². The highest BCUT2D eigenvalue weighted by molar-refractivity contribution is 7.99. The van der Waals surface area contributed by atoms with Crippen LogP contribution in [0.25, 0.3) is 0 Å². The van der Waals surface area contributed by atoms with Crippen molar-refractivity contribution >= 4 is 48.2 Å². The lowest BCUT2D eigenvalue weighted by Crippen LogP contribution is -2.39. The van der Waals surface area contributed by atoms with Crippen LogP contribution < -0.4 is 11.1 Å². The number of benzene rings is 1. The Morgan fingerprint density at radius 1 is 1.39 bits per heavy atom. The summed E-state index contributed by atoms with van der Waals surface area (Å²) in [7, 11) is 1.53. The van der Waals surface area contributed by atoms with E-state index in [9.17, 15) is 4.79 Å².